The summed E-state index contributed by atoms with van der Waals surface area (Å²) in [4.78, 5) is 11.8. The number of hydrogen-bond donors (Lipinski definition) is 2. The summed E-state index contributed by atoms with van der Waals surface area (Å²) in [6.45, 7) is 9.59. The first-order chi connectivity index (χ1) is 8.56. The molecule has 0 bridgehead atoms. The molecular weight excluding hydrogens is 228 g/mol. The Morgan fingerprint density at radius 3 is 2.67 bits per heavy atom. The van der Waals surface area contributed by atoms with Crippen molar-refractivity contribution in [1.82, 2.24) is 10.6 Å². The van der Waals surface area contributed by atoms with Gasteiger partial charge in [-0.3, -0.25) is 4.79 Å². The summed E-state index contributed by atoms with van der Waals surface area (Å²) in [6.07, 6.45) is 4.39. The van der Waals surface area contributed by atoms with Crippen LogP contribution in [0.3, 0.4) is 0 Å². The fraction of sp³-hybridized carbons (Fsp3) is 0.929. The molecule has 1 aliphatic rings. The SMILES string of the molecule is CCC(C)(C)C(=O)NCCCOC1CCNCC1. The Hall–Kier alpha value is -0.610. The van der Waals surface area contributed by atoms with Crippen LogP contribution in [0.4, 0.5) is 0 Å². The summed E-state index contributed by atoms with van der Waals surface area (Å²) >= 11 is 0. The van der Waals surface area contributed by atoms with Crippen molar-refractivity contribution in [2.75, 3.05) is 26.2 Å². The van der Waals surface area contributed by atoms with E-state index in [-0.39, 0.29) is 11.3 Å². The van der Waals surface area contributed by atoms with Crippen molar-refractivity contribution in [3.8, 4) is 0 Å². The molecule has 0 atom stereocenters. The van der Waals surface area contributed by atoms with E-state index in [1.165, 1.54) is 0 Å². The number of carbonyl (C=O) groups is 1. The van der Waals surface area contributed by atoms with Gasteiger partial charge in [0, 0.05) is 18.6 Å². The molecule has 18 heavy (non-hydrogen) atoms. The van der Waals surface area contributed by atoms with E-state index in [9.17, 15) is 4.79 Å². The van der Waals surface area contributed by atoms with Crippen molar-refractivity contribution in [3.05, 3.63) is 0 Å². The number of nitrogens with one attached hydrogen (secondary N) is 2. The Labute approximate surface area is 111 Å². The Kier molecular flexibility index (Phi) is 6.65. The normalized spacial score (nSPS) is 17.7. The highest BCUT2D eigenvalue weighted by atomic mass is 16.5. The Balaban J connectivity index is 2.03. The van der Waals surface area contributed by atoms with Gasteiger partial charge in [-0.25, -0.2) is 0 Å². The van der Waals surface area contributed by atoms with Gasteiger partial charge in [0.15, 0.2) is 0 Å². The van der Waals surface area contributed by atoms with Gasteiger partial charge < -0.3 is 15.4 Å². The molecule has 0 spiro atoms. The molecule has 1 fully saturated rings. The van der Waals surface area contributed by atoms with Gasteiger partial charge in [-0.05, 0) is 38.8 Å². The molecule has 0 aliphatic carbocycles. The third-order valence-electron chi connectivity index (χ3n) is 3.74. The minimum Gasteiger partial charge on any atom is -0.378 e. The van der Waals surface area contributed by atoms with Crippen LogP contribution in [-0.4, -0.2) is 38.3 Å². The summed E-state index contributed by atoms with van der Waals surface area (Å²) in [6, 6.07) is 0. The molecule has 1 aliphatic heterocycles. The van der Waals surface area contributed by atoms with E-state index in [1.54, 1.807) is 0 Å². The van der Waals surface area contributed by atoms with Crippen molar-refractivity contribution >= 4 is 5.91 Å². The van der Waals surface area contributed by atoms with Gasteiger partial charge in [0.05, 0.1) is 6.10 Å². The maximum Gasteiger partial charge on any atom is 0.225 e. The highest BCUT2D eigenvalue weighted by Crippen LogP contribution is 2.19. The number of amides is 1. The molecule has 0 aromatic carbocycles. The van der Waals surface area contributed by atoms with Crippen LogP contribution in [0.25, 0.3) is 0 Å². The van der Waals surface area contributed by atoms with Gasteiger partial charge in [-0.15, -0.1) is 0 Å². The van der Waals surface area contributed by atoms with Gasteiger partial charge in [-0.1, -0.05) is 20.8 Å². The first-order valence-corrected chi connectivity index (χ1v) is 7.17. The molecule has 106 valence electrons. The van der Waals surface area contributed by atoms with Gasteiger partial charge in [0.2, 0.25) is 5.91 Å². The lowest BCUT2D eigenvalue weighted by molar-refractivity contribution is -0.129. The van der Waals surface area contributed by atoms with E-state index < -0.39 is 0 Å². The zero-order valence-corrected chi connectivity index (χ0v) is 12.1. The molecule has 0 aromatic rings. The second-order valence-electron chi connectivity index (χ2n) is 5.67. The molecule has 0 unspecified atom stereocenters. The van der Waals surface area contributed by atoms with E-state index in [4.69, 9.17) is 4.74 Å². The van der Waals surface area contributed by atoms with E-state index in [2.05, 4.69) is 10.6 Å². The van der Waals surface area contributed by atoms with Crippen molar-refractivity contribution in [3.63, 3.8) is 0 Å². The topological polar surface area (TPSA) is 50.4 Å². The third-order valence-corrected chi connectivity index (χ3v) is 3.74. The molecule has 1 amide bonds. The molecule has 2 N–H and O–H groups in total. The molecule has 0 aromatic heterocycles. The van der Waals surface area contributed by atoms with Gasteiger partial charge in [0.1, 0.15) is 0 Å². The standard InChI is InChI=1S/C14H28N2O2/c1-4-14(2,3)13(17)16-8-5-11-18-12-6-9-15-10-7-12/h12,15H,4-11H2,1-3H3,(H,16,17). The van der Waals surface area contributed by atoms with E-state index in [0.29, 0.717) is 12.6 Å². The predicted octanol–water partition coefficient (Wildman–Crippen LogP) is 1.70. The fourth-order valence-electron chi connectivity index (χ4n) is 1.89. The predicted molar refractivity (Wildman–Crippen MR) is 73.5 cm³/mol. The average molecular weight is 256 g/mol. The monoisotopic (exact) mass is 256 g/mol. The second-order valence-corrected chi connectivity index (χ2v) is 5.67. The molecule has 4 heteroatoms. The van der Waals surface area contributed by atoms with Gasteiger partial charge in [-0.2, -0.15) is 0 Å². The quantitative estimate of drug-likeness (QED) is 0.682. The van der Waals surface area contributed by atoms with Crippen LogP contribution < -0.4 is 10.6 Å². The molecule has 1 saturated heterocycles. The zero-order chi connectivity index (χ0) is 13.4. The van der Waals surface area contributed by atoms with Crippen LogP contribution in [0.5, 0.6) is 0 Å². The van der Waals surface area contributed by atoms with E-state index >= 15 is 0 Å². The minimum atomic E-state index is -0.254. The molecule has 4 nitrogen and oxygen atoms in total. The van der Waals surface area contributed by atoms with Crippen molar-refractivity contribution in [2.24, 2.45) is 5.41 Å². The first kappa shape index (κ1) is 15.4. The van der Waals surface area contributed by atoms with Crippen LogP contribution in [-0.2, 0) is 9.53 Å². The summed E-state index contributed by atoms with van der Waals surface area (Å²) in [5.41, 5.74) is -0.254. The fourth-order valence-corrected chi connectivity index (χ4v) is 1.89. The van der Waals surface area contributed by atoms with Gasteiger partial charge >= 0.3 is 0 Å². The number of rotatable bonds is 7. The first-order valence-electron chi connectivity index (χ1n) is 7.17. The van der Waals surface area contributed by atoms with Crippen molar-refractivity contribution < 1.29 is 9.53 Å². The molecule has 1 heterocycles. The zero-order valence-electron chi connectivity index (χ0n) is 12.1. The lowest BCUT2D eigenvalue weighted by Crippen LogP contribution is -2.37. The van der Waals surface area contributed by atoms with Gasteiger partial charge in [0.25, 0.3) is 0 Å². The third kappa shape index (κ3) is 5.36. The second kappa shape index (κ2) is 7.74. The van der Waals surface area contributed by atoms with Crippen LogP contribution >= 0.6 is 0 Å². The summed E-state index contributed by atoms with van der Waals surface area (Å²) < 4.78 is 5.79. The smallest absolute Gasteiger partial charge is 0.225 e. The largest absolute Gasteiger partial charge is 0.378 e. The van der Waals surface area contributed by atoms with Crippen LogP contribution in [0, 0.1) is 5.41 Å². The number of hydrogen-bond acceptors (Lipinski definition) is 3. The van der Waals surface area contributed by atoms with E-state index in [1.807, 2.05) is 20.8 Å². The maximum absolute atomic E-state index is 11.8. The molecule has 0 saturated carbocycles. The van der Waals surface area contributed by atoms with Crippen LogP contribution in [0.2, 0.25) is 0 Å². The summed E-state index contributed by atoms with van der Waals surface area (Å²) in [5.74, 6) is 0.145. The maximum atomic E-state index is 11.8. The number of piperidine rings is 1. The number of ether oxygens (including phenoxy) is 1. The van der Waals surface area contributed by atoms with Crippen LogP contribution in [0.15, 0.2) is 0 Å². The van der Waals surface area contributed by atoms with Crippen LogP contribution in [0.1, 0.15) is 46.5 Å². The summed E-state index contributed by atoms with van der Waals surface area (Å²) in [7, 11) is 0. The lowest BCUT2D eigenvalue weighted by atomic mass is 9.89. The highest BCUT2D eigenvalue weighted by Gasteiger charge is 2.24. The highest BCUT2D eigenvalue weighted by molar-refractivity contribution is 5.81. The Morgan fingerprint density at radius 2 is 2.06 bits per heavy atom. The number of carbonyl (C=O) groups excluding carboxylic acids is 1. The molecule has 1 rings (SSSR count). The molecule has 0 radical (unpaired) electrons. The Morgan fingerprint density at radius 1 is 1.39 bits per heavy atom. The van der Waals surface area contributed by atoms with E-state index in [0.717, 1.165) is 45.4 Å². The van der Waals surface area contributed by atoms with Crippen molar-refractivity contribution in [2.45, 2.75) is 52.6 Å². The summed E-state index contributed by atoms with van der Waals surface area (Å²) in [5, 5.41) is 6.30. The average Bonchev–Trinajstić information content (AvgIpc) is 2.39. The molecular formula is C14H28N2O2. The van der Waals surface area contributed by atoms with Crippen molar-refractivity contribution in [1.29, 1.82) is 0 Å². The lowest BCUT2D eigenvalue weighted by Gasteiger charge is -2.23. The Bertz CT molecular complexity index is 248. The minimum absolute atomic E-state index is 0.145.